The minimum absolute atomic E-state index is 0.209. The number of ether oxygens (including phenoxy) is 1. The minimum atomic E-state index is -0.524. The Morgan fingerprint density at radius 2 is 1.16 bits per heavy atom. The van der Waals surface area contributed by atoms with E-state index in [1.807, 2.05) is 45.8 Å². The fraction of sp³-hybridized carbons (Fsp3) is 0.214. The van der Waals surface area contributed by atoms with Crippen molar-refractivity contribution in [1.29, 1.82) is 0 Å². The Morgan fingerprint density at radius 3 is 1.49 bits per heavy atom. The molecule has 0 fully saturated rings. The summed E-state index contributed by atoms with van der Waals surface area (Å²) < 4.78 is 11.1. The van der Waals surface area contributed by atoms with Gasteiger partial charge in [0.25, 0.3) is 0 Å². The molecule has 0 aliphatic rings. The van der Waals surface area contributed by atoms with Crippen molar-refractivity contribution in [2.24, 2.45) is 0 Å². The van der Waals surface area contributed by atoms with E-state index in [0.29, 0.717) is 32.9 Å². The molecule has 5 nitrogen and oxygen atoms in total. The average Bonchev–Trinajstić information content (AvgIpc) is 3.59. The second kappa shape index (κ2) is 12.8. The number of benzene rings is 2. The maximum absolute atomic E-state index is 7.09. The van der Waals surface area contributed by atoms with Crippen LogP contribution in [0.4, 0.5) is 0 Å². The van der Waals surface area contributed by atoms with Crippen LogP contribution < -0.4 is 0 Å². The highest BCUT2D eigenvalue weighted by molar-refractivity contribution is 6.35. The predicted octanol–water partition coefficient (Wildman–Crippen LogP) is 9.13. The van der Waals surface area contributed by atoms with Gasteiger partial charge in [-0.1, -0.05) is 70.7 Å². The van der Waals surface area contributed by atoms with Crippen molar-refractivity contribution in [1.82, 2.24) is 19.1 Å². The summed E-state index contributed by atoms with van der Waals surface area (Å²) in [5, 5.41) is 2.07. The Kier molecular flexibility index (Phi) is 9.52. The van der Waals surface area contributed by atoms with Gasteiger partial charge in [-0.3, -0.25) is 0 Å². The van der Waals surface area contributed by atoms with Crippen LogP contribution in [0.2, 0.25) is 20.1 Å². The Hall–Kier alpha value is -2.54. The number of hydrogen-bond acceptors (Lipinski definition) is 3. The highest BCUT2D eigenvalue weighted by atomic mass is 35.5. The van der Waals surface area contributed by atoms with Crippen LogP contribution in [0.1, 0.15) is 48.3 Å². The third kappa shape index (κ3) is 6.49. The average molecular weight is 576 g/mol. The molecule has 2 aromatic heterocycles. The first-order chi connectivity index (χ1) is 17.9. The largest absolute Gasteiger partial charge is 0.361 e. The van der Waals surface area contributed by atoms with Crippen molar-refractivity contribution < 1.29 is 4.74 Å². The van der Waals surface area contributed by atoms with E-state index in [2.05, 4.69) is 23.1 Å². The molecule has 0 saturated carbocycles. The van der Waals surface area contributed by atoms with Crippen LogP contribution in [0.3, 0.4) is 0 Å². The maximum Gasteiger partial charge on any atom is 0.106 e. The van der Waals surface area contributed by atoms with Gasteiger partial charge in [0.2, 0.25) is 0 Å². The molecule has 4 atom stereocenters. The summed E-state index contributed by atoms with van der Waals surface area (Å²) in [7, 11) is 0. The van der Waals surface area contributed by atoms with Gasteiger partial charge in [-0.05, 0) is 37.1 Å². The second-order valence-corrected chi connectivity index (χ2v) is 10.2. The molecule has 0 saturated heterocycles. The first-order valence-electron chi connectivity index (χ1n) is 11.6. The SMILES string of the molecule is C=CCC(C(OC(c1ccc(Cl)cc1Cl)C(CC=C)n1ccnc1)c1ccc(Cl)cc1Cl)n1ccnc1. The molecule has 37 heavy (non-hydrogen) atoms. The van der Waals surface area contributed by atoms with Crippen LogP contribution in [0.25, 0.3) is 0 Å². The monoisotopic (exact) mass is 574 g/mol. The molecular formula is C28H26Cl4N4O. The quantitative estimate of drug-likeness (QED) is 0.158. The lowest BCUT2D eigenvalue weighted by molar-refractivity contribution is -0.0665. The number of nitrogens with zero attached hydrogens (tertiary/aromatic N) is 4. The molecule has 0 aliphatic heterocycles. The van der Waals surface area contributed by atoms with Gasteiger partial charge in [0.1, 0.15) is 12.2 Å². The van der Waals surface area contributed by atoms with Crippen LogP contribution in [0.5, 0.6) is 0 Å². The molecule has 0 aliphatic carbocycles. The Labute approximate surface area is 236 Å². The van der Waals surface area contributed by atoms with E-state index >= 15 is 0 Å². The Balaban J connectivity index is 1.89. The molecule has 2 heterocycles. The van der Waals surface area contributed by atoms with Crippen molar-refractivity contribution in [3.05, 3.63) is 130 Å². The summed E-state index contributed by atoms with van der Waals surface area (Å²) >= 11 is 26.0. The van der Waals surface area contributed by atoms with Gasteiger partial charge in [-0.25, -0.2) is 9.97 Å². The fourth-order valence-electron chi connectivity index (χ4n) is 4.44. The van der Waals surface area contributed by atoms with Crippen molar-refractivity contribution in [3.63, 3.8) is 0 Å². The molecule has 4 rings (SSSR count). The van der Waals surface area contributed by atoms with E-state index in [9.17, 15) is 0 Å². The summed E-state index contributed by atoms with van der Waals surface area (Å²) in [6, 6.07) is 10.4. The summed E-state index contributed by atoms with van der Waals surface area (Å²) in [5.74, 6) is 0. The van der Waals surface area contributed by atoms with E-state index in [4.69, 9.17) is 51.1 Å². The van der Waals surface area contributed by atoms with Gasteiger partial charge < -0.3 is 13.9 Å². The molecular weight excluding hydrogens is 550 g/mol. The second-order valence-electron chi connectivity index (χ2n) is 8.51. The number of aromatic nitrogens is 4. The highest BCUT2D eigenvalue weighted by Crippen LogP contribution is 2.46. The summed E-state index contributed by atoms with van der Waals surface area (Å²) in [4.78, 5) is 8.52. The van der Waals surface area contributed by atoms with Crippen LogP contribution in [0, 0.1) is 0 Å². The van der Waals surface area contributed by atoms with Gasteiger partial charge in [0.15, 0.2) is 0 Å². The summed E-state index contributed by atoms with van der Waals surface area (Å²) in [6.07, 6.45) is 14.6. The Morgan fingerprint density at radius 1 is 0.730 bits per heavy atom. The number of rotatable bonds is 12. The molecule has 0 amide bonds. The standard InChI is InChI=1S/C28H26Cl4N4O/c1-3-5-25(35-13-11-33-17-35)27(21-9-7-19(29)15-23(21)31)37-28(22-10-8-20(30)16-24(22)32)26(6-4-2)36-14-12-34-18-36/h3-4,7-18,25-28H,1-2,5-6H2. The van der Waals surface area contributed by atoms with Gasteiger partial charge in [0.05, 0.1) is 24.7 Å². The lowest BCUT2D eigenvalue weighted by atomic mass is 9.95. The van der Waals surface area contributed by atoms with Gasteiger partial charge in [0, 0.05) is 56.0 Å². The first-order valence-corrected chi connectivity index (χ1v) is 13.2. The van der Waals surface area contributed by atoms with Crippen LogP contribution in [-0.4, -0.2) is 19.1 Å². The Bertz CT molecular complexity index is 1220. The van der Waals surface area contributed by atoms with Crippen LogP contribution in [-0.2, 0) is 4.74 Å². The van der Waals surface area contributed by atoms with E-state index < -0.39 is 12.2 Å². The van der Waals surface area contributed by atoms with Crippen molar-refractivity contribution in [2.75, 3.05) is 0 Å². The first kappa shape index (κ1) is 27.5. The highest BCUT2D eigenvalue weighted by Gasteiger charge is 2.35. The lowest BCUT2D eigenvalue weighted by Crippen LogP contribution is -2.26. The summed E-state index contributed by atoms with van der Waals surface area (Å²) in [5.41, 5.74) is 1.56. The van der Waals surface area contributed by atoms with Crippen LogP contribution >= 0.6 is 46.4 Å². The molecule has 9 heteroatoms. The van der Waals surface area contributed by atoms with Crippen LogP contribution in [0.15, 0.2) is 99.2 Å². The maximum atomic E-state index is 7.09. The molecule has 0 radical (unpaired) electrons. The summed E-state index contributed by atoms with van der Waals surface area (Å²) in [6.45, 7) is 7.97. The van der Waals surface area contributed by atoms with Gasteiger partial charge in [-0.2, -0.15) is 0 Å². The van der Waals surface area contributed by atoms with E-state index in [1.165, 1.54) is 0 Å². The van der Waals surface area contributed by atoms with E-state index in [1.54, 1.807) is 49.3 Å². The molecule has 4 unspecified atom stereocenters. The number of halogens is 4. The molecule has 2 aromatic carbocycles. The van der Waals surface area contributed by atoms with Gasteiger partial charge >= 0.3 is 0 Å². The molecule has 4 aromatic rings. The number of allylic oxidation sites excluding steroid dienone is 2. The minimum Gasteiger partial charge on any atom is -0.361 e. The zero-order valence-corrected chi connectivity index (χ0v) is 23.0. The lowest BCUT2D eigenvalue weighted by Gasteiger charge is -2.36. The molecule has 0 N–H and O–H groups in total. The smallest absolute Gasteiger partial charge is 0.106 e. The van der Waals surface area contributed by atoms with E-state index in [-0.39, 0.29) is 12.1 Å². The van der Waals surface area contributed by atoms with Gasteiger partial charge in [-0.15, -0.1) is 13.2 Å². The van der Waals surface area contributed by atoms with E-state index in [0.717, 1.165) is 11.1 Å². The zero-order valence-electron chi connectivity index (χ0n) is 19.9. The van der Waals surface area contributed by atoms with Crippen molar-refractivity contribution in [3.8, 4) is 0 Å². The number of hydrogen-bond donors (Lipinski definition) is 0. The predicted molar refractivity (Wildman–Crippen MR) is 152 cm³/mol. The fourth-order valence-corrected chi connectivity index (χ4v) is 5.47. The molecule has 192 valence electrons. The molecule has 0 bridgehead atoms. The topological polar surface area (TPSA) is 44.9 Å². The van der Waals surface area contributed by atoms with Crippen molar-refractivity contribution in [2.45, 2.75) is 37.1 Å². The zero-order chi connectivity index (χ0) is 26.4. The van der Waals surface area contributed by atoms with Crippen molar-refractivity contribution >= 4 is 46.4 Å². The third-order valence-corrected chi connectivity index (χ3v) is 7.29. The number of imidazole rings is 2. The molecule has 0 spiro atoms. The third-order valence-electron chi connectivity index (χ3n) is 6.16. The normalized spacial score (nSPS) is 14.6.